The number of carbonyl (C=O) groups excluding carboxylic acids is 1. The van der Waals surface area contributed by atoms with Gasteiger partial charge in [-0.15, -0.1) is 0 Å². The number of carbonyl (C=O) groups is 1. The van der Waals surface area contributed by atoms with Crippen molar-refractivity contribution in [1.29, 1.82) is 0 Å². The molecule has 5 nitrogen and oxygen atoms in total. The van der Waals surface area contributed by atoms with Crippen LogP contribution in [-0.2, 0) is 6.42 Å². The summed E-state index contributed by atoms with van der Waals surface area (Å²) in [4.78, 5) is 20.0. The van der Waals surface area contributed by atoms with Gasteiger partial charge in [0.2, 0.25) is 0 Å². The molecule has 2 heterocycles. The van der Waals surface area contributed by atoms with E-state index in [-0.39, 0.29) is 5.91 Å². The first-order valence-corrected chi connectivity index (χ1v) is 5.67. The van der Waals surface area contributed by atoms with Crippen LogP contribution in [-0.4, -0.2) is 15.9 Å². The van der Waals surface area contributed by atoms with E-state index in [0.717, 1.165) is 12.1 Å². The second-order valence-electron chi connectivity index (χ2n) is 3.82. The quantitative estimate of drug-likeness (QED) is 0.861. The van der Waals surface area contributed by atoms with Crippen LogP contribution in [0.15, 0.2) is 36.7 Å². The Bertz CT molecular complexity index is 554. The Kier molecular flexibility index (Phi) is 3.52. The van der Waals surface area contributed by atoms with Crippen LogP contribution < -0.4 is 11.1 Å². The molecular formula is C13H14N4O. The molecular weight excluding hydrogens is 228 g/mol. The smallest absolute Gasteiger partial charge is 0.255 e. The van der Waals surface area contributed by atoms with Crippen molar-refractivity contribution in [3.63, 3.8) is 0 Å². The molecule has 1 amide bonds. The maximum Gasteiger partial charge on any atom is 0.255 e. The van der Waals surface area contributed by atoms with Crippen molar-refractivity contribution in [1.82, 2.24) is 9.97 Å². The number of nitrogens with one attached hydrogen (secondary N) is 1. The minimum atomic E-state index is -0.204. The highest BCUT2D eigenvalue weighted by Crippen LogP contribution is 2.11. The average Bonchev–Trinajstić information content (AvgIpc) is 2.39. The van der Waals surface area contributed by atoms with Gasteiger partial charge in [0.25, 0.3) is 5.91 Å². The van der Waals surface area contributed by atoms with Gasteiger partial charge in [-0.2, -0.15) is 0 Å². The Morgan fingerprint density at radius 2 is 2.06 bits per heavy atom. The van der Waals surface area contributed by atoms with Gasteiger partial charge < -0.3 is 11.1 Å². The molecule has 18 heavy (non-hydrogen) atoms. The number of anilines is 2. The van der Waals surface area contributed by atoms with Crippen LogP contribution in [0.1, 0.15) is 23.0 Å². The highest BCUT2D eigenvalue weighted by molar-refractivity contribution is 6.04. The fourth-order valence-corrected chi connectivity index (χ4v) is 1.56. The van der Waals surface area contributed by atoms with Gasteiger partial charge in [0.15, 0.2) is 0 Å². The number of nitrogen functional groups attached to an aromatic ring is 1. The number of nitrogens with zero attached hydrogens (tertiary/aromatic N) is 2. The lowest BCUT2D eigenvalue weighted by molar-refractivity contribution is 0.102. The number of nitrogens with two attached hydrogens (primary N) is 1. The Morgan fingerprint density at radius 3 is 2.72 bits per heavy atom. The van der Waals surface area contributed by atoms with Crippen molar-refractivity contribution in [2.75, 3.05) is 11.1 Å². The molecule has 3 N–H and O–H groups in total. The van der Waals surface area contributed by atoms with Crippen LogP contribution in [0.25, 0.3) is 0 Å². The predicted molar refractivity (Wildman–Crippen MR) is 70.2 cm³/mol. The zero-order chi connectivity index (χ0) is 13.0. The van der Waals surface area contributed by atoms with Crippen molar-refractivity contribution in [2.45, 2.75) is 13.3 Å². The van der Waals surface area contributed by atoms with Crippen molar-refractivity contribution in [2.24, 2.45) is 0 Å². The van der Waals surface area contributed by atoms with E-state index in [1.807, 2.05) is 6.92 Å². The average molecular weight is 242 g/mol. The molecule has 0 saturated carbocycles. The molecule has 0 unspecified atom stereocenters. The SMILES string of the molecule is CCc1cc(C(=O)Nc2ccncc2)cc(N)n1. The van der Waals surface area contributed by atoms with E-state index in [9.17, 15) is 4.79 Å². The van der Waals surface area contributed by atoms with Gasteiger partial charge >= 0.3 is 0 Å². The molecule has 0 fully saturated rings. The van der Waals surface area contributed by atoms with Crippen LogP contribution in [0.3, 0.4) is 0 Å². The van der Waals surface area contributed by atoms with Gasteiger partial charge in [0.05, 0.1) is 0 Å². The Balaban J connectivity index is 2.21. The molecule has 2 aromatic rings. The van der Waals surface area contributed by atoms with E-state index in [1.165, 1.54) is 0 Å². The summed E-state index contributed by atoms with van der Waals surface area (Å²) >= 11 is 0. The maximum atomic E-state index is 12.0. The van der Waals surface area contributed by atoms with Crippen LogP contribution in [0, 0.1) is 0 Å². The Morgan fingerprint density at radius 1 is 1.33 bits per heavy atom. The highest BCUT2D eigenvalue weighted by Gasteiger charge is 2.08. The molecule has 2 rings (SSSR count). The van der Waals surface area contributed by atoms with E-state index in [2.05, 4.69) is 15.3 Å². The lowest BCUT2D eigenvalue weighted by Gasteiger charge is -2.07. The third-order valence-electron chi connectivity index (χ3n) is 2.46. The summed E-state index contributed by atoms with van der Waals surface area (Å²) < 4.78 is 0. The number of aromatic nitrogens is 2. The maximum absolute atomic E-state index is 12.0. The largest absolute Gasteiger partial charge is 0.384 e. The van der Waals surface area contributed by atoms with Gasteiger partial charge in [0, 0.05) is 29.3 Å². The summed E-state index contributed by atoms with van der Waals surface area (Å²) in [6.45, 7) is 1.96. The molecule has 0 radical (unpaired) electrons. The number of aryl methyl sites for hydroxylation is 1. The molecule has 0 saturated heterocycles. The van der Waals surface area contributed by atoms with Gasteiger partial charge in [-0.25, -0.2) is 4.98 Å². The first kappa shape index (κ1) is 12.0. The molecule has 2 aromatic heterocycles. The minimum Gasteiger partial charge on any atom is -0.384 e. The summed E-state index contributed by atoms with van der Waals surface area (Å²) in [5.41, 5.74) is 7.67. The molecule has 0 bridgehead atoms. The molecule has 0 aromatic carbocycles. The highest BCUT2D eigenvalue weighted by atomic mass is 16.1. The molecule has 0 aliphatic carbocycles. The zero-order valence-corrected chi connectivity index (χ0v) is 10.1. The van der Waals surface area contributed by atoms with Crippen molar-refractivity contribution in [3.05, 3.63) is 47.9 Å². The second kappa shape index (κ2) is 5.27. The van der Waals surface area contributed by atoms with Crippen molar-refractivity contribution in [3.8, 4) is 0 Å². The van der Waals surface area contributed by atoms with E-state index >= 15 is 0 Å². The summed E-state index contributed by atoms with van der Waals surface area (Å²) in [6, 6.07) is 6.76. The van der Waals surface area contributed by atoms with E-state index < -0.39 is 0 Å². The number of amides is 1. The third kappa shape index (κ3) is 2.82. The number of hydrogen-bond acceptors (Lipinski definition) is 4. The molecule has 0 aliphatic heterocycles. The summed E-state index contributed by atoms with van der Waals surface area (Å²) in [5, 5.41) is 2.77. The molecule has 0 aliphatic rings. The fourth-order valence-electron chi connectivity index (χ4n) is 1.56. The van der Waals surface area contributed by atoms with Crippen LogP contribution in [0.5, 0.6) is 0 Å². The lowest BCUT2D eigenvalue weighted by Crippen LogP contribution is -2.13. The Labute approximate surface area is 105 Å². The van der Waals surface area contributed by atoms with E-state index in [0.29, 0.717) is 17.1 Å². The standard InChI is InChI=1S/C13H14N4O/c1-2-10-7-9(8-12(14)16-10)13(18)17-11-3-5-15-6-4-11/h3-8H,2H2,1H3,(H2,14,16)(H,15,17,18). The van der Waals surface area contributed by atoms with Crippen LogP contribution >= 0.6 is 0 Å². The number of hydrogen-bond donors (Lipinski definition) is 2. The summed E-state index contributed by atoms with van der Waals surface area (Å²) in [7, 11) is 0. The van der Waals surface area contributed by atoms with Gasteiger partial charge in [-0.05, 0) is 30.7 Å². The molecule has 92 valence electrons. The summed E-state index contributed by atoms with van der Waals surface area (Å²) in [5.74, 6) is 0.152. The fraction of sp³-hybridized carbons (Fsp3) is 0.154. The van der Waals surface area contributed by atoms with Crippen LogP contribution in [0.2, 0.25) is 0 Å². The first-order valence-electron chi connectivity index (χ1n) is 5.67. The number of rotatable bonds is 3. The zero-order valence-electron chi connectivity index (χ0n) is 10.1. The monoisotopic (exact) mass is 242 g/mol. The molecule has 0 atom stereocenters. The third-order valence-corrected chi connectivity index (χ3v) is 2.46. The van der Waals surface area contributed by atoms with Gasteiger partial charge in [-0.3, -0.25) is 9.78 Å². The normalized spacial score (nSPS) is 10.1. The molecule has 0 spiro atoms. The van der Waals surface area contributed by atoms with Crippen molar-refractivity contribution < 1.29 is 4.79 Å². The number of pyridine rings is 2. The van der Waals surface area contributed by atoms with Gasteiger partial charge in [-0.1, -0.05) is 6.92 Å². The predicted octanol–water partition coefficient (Wildman–Crippen LogP) is 1.87. The van der Waals surface area contributed by atoms with Crippen LogP contribution in [0.4, 0.5) is 11.5 Å². The molecule has 5 heteroatoms. The first-order chi connectivity index (χ1) is 8.69. The minimum absolute atomic E-state index is 0.204. The van der Waals surface area contributed by atoms with Crippen molar-refractivity contribution >= 4 is 17.4 Å². The topological polar surface area (TPSA) is 80.9 Å². The van der Waals surface area contributed by atoms with Gasteiger partial charge in [0.1, 0.15) is 5.82 Å². The second-order valence-corrected chi connectivity index (χ2v) is 3.82. The van der Waals surface area contributed by atoms with E-state index in [4.69, 9.17) is 5.73 Å². The Hall–Kier alpha value is -2.43. The van der Waals surface area contributed by atoms with E-state index in [1.54, 1.807) is 36.7 Å². The summed E-state index contributed by atoms with van der Waals surface area (Å²) in [6.07, 6.45) is 3.97. The lowest BCUT2D eigenvalue weighted by atomic mass is 10.2.